The standard InChI is InChI=1S/C17H18N4O/c18-6-8-20-7-5-16(22)14(10-20)17-13-4-2-1-3-12(13)15-9-19-11-21(15)17/h1-4,9,11,14,16-17,22H,5,7-8,10H2/t14-,16-,17-/m0/s1. The van der Waals surface area contributed by atoms with Gasteiger partial charge in [0.2, 0.25) is 0 Å². The minimum atomic E-state index is -0.346. The first-order valence-electron chi connectivity index (χ1n) is 7.68. The molecule has 0 aliphatic carbocycles. The zero-order valence-corrected chi connectivity index (χ0v) is 12.3. The molecule has 1 aromatic heterocycles. The molecule has 0 saturated carbocycles. The van der Waals surface area contributed by atoms with E-state index in [1.54, 1.807) is 0 Å². The van der Waals surface area contributed by atoms with E-state index in [0.29, 0.717) is 6.54 Å². The second-order valence-corrected chi connectivity index (χ2v) is 6.13. The van der Waals surface area contributed by atoms with Crippen molar-refractivity contribution in [3.8, 4) is 17.3 Å². The Morgan fingerprint density at radius 3 is 3.09 bits per heavy atom. The number of fused-ring (bicyclic) bond motifs is 3. The lowest BCUT2D eigenvalue weighted by molar-refractivity contribution is 0.0149. The Bertz CT molecular complexity index is 732. The number of benzene rings is 1. The number of aliphatic hydroxyl groups is 1. The number of rotatable bonds is 2. The van der Waals surface area contributed by atoms with Crippen LogP contribution in [0.15, 0.2) is 36.8 Å². The van der Waals surface area contributed by atoms with Crippen molar-refractivity contribution in [2.75, 3.05) is 19.6 Å². The van der Waals surface area contributed by atoms with Crippen LogP contribution in [0.4, 0.5) is 0 Å². The van der Waals surface area contributed by atoms with E-state index in [-0.39, 0.29) is 18.1 Å². The lowest BCUT2D eigenvalue weighted by Gasteiger charge is -2.38. The Kier molecular flexibility index (Phi) is 3.21. The van der Waals surface area contributed by atoms with Gasteiger partial charge in [-0.1, -0.05) is 24.3 Å². The number of likely N-dealkylation sites (tertiary alicyclic amines) is 1. The molecule has 0 amide bonds. The summed E-state index contributed by atoms with van der Waals surface area (Å²) in [5, 5.41) is 19.5. The largest absolute Gasteiger partial charge is 0.393 e. The van der Waals surface area contributed by atoms with Crippen LogP contribution in [0.5, 0.6) is 0 Å². The number of aromatic nitrogens is 2. The summed E-state index contributed by atoms with van der Waals surface area (Å²) in [6, 6.07) is 10.7. The van der Waals surface area contributed by atoms with E-state index in [9.17, 15) is 5.11 Å². The van der Waals surface area contributed by atoms with E-state index in [1.165, 1.54) is 11.1 Å². The summed E-state index contributed by atoms with van der Waals surface area (Å²) in [6.45, 7) is 1.95. The molecule has 1 aromatic carbocycles. The van der Waals surface area contributed by atoms with Gasteiger partial charge < -0.3 is 9.67 Å². The molecule has 1 saturated heterocycles. The molecular formula is C17H18N4O. The SMILES string of the molecule is N#CCN1CC[C@H](O)[C@@H]([C@@H]2c3ccccc3-c3cncn32)C1. The molecule has 0 radical (unpaired) electrons. The number of nitriles is 1. The Hall–Kier alpha value is -2.16. The quantitative estimate of drug-likeness (QED) is 0.856. The summed E-state index contributed by atoms with van der Waals surface area (Å²) >= 11 is 0. The van der Waals surface area contributed by atoms with Crippen LogP contribution >= 0.6 is 0 Å². The van der Waals surface area contributed by atoms with Gasteiger partial charge in [0, 0.05) is 24.6 Å². The van der Waals surface area contributed by atoms with Crippen LogP contribution in [0.25, 0.3) is 11.3 Å². The molecule has 0 spiro atoms. The Morgan fingerprint density at radius 2 is 2.23 bits per heavy atom. The third-order valence-electron chi connectivity index (χ3n) is 4.93. The highest BCUT2D eigenvalue weighted by Gasteiger charge is 2.40. The monoisotopic (exact) mass is 294 g/mol. The molecule has 112 valence electrons. The Labute approximate surface area is 129 Å². The smallest absolute Gasteiger partial charge is 0.0956 e. The van der Waals surface area contributed by atoms with E-state index in [4.69, 9.17) is 5.26 Å². The van der Waals surface area contributed by atoms with Gasteiger partial charge in [-0.2, -0.15) is 5.26 Å². The molecule has 3 atom stereocenters. The van der Waals surface area contributed by atoms with Crippen molar-refractivity contribution < 1.29 is 5.11 Å². The Balaban J connectivity index is 1.74. The van der Waals surface area contributed by atoms with Crippen molar-refractivity contribution in [2.45, 2.75) is 18.6 Å². The molecule has 2 aliphatic heterocycles. The number of piperidine rings is 1. The van der Waals surface area contributed by atoms with Crippen molar-refractivity contribution in [1.82, 2.24) is 14.5 Å². The average Bonchev–Trinajstić information content (AvgIpc) is 3.10. The number of hydrogen-bond acceptors (Lipinski definition) is 4. The van der Waals surface area contributed by atoms with Gasteiger partial charge in [0.25, 0.3) is 0 Å². The van der Waals surface area contributed by atoms with Crippen LogP contribution in [-0.2, 0) is 0 Å². The van der Waals surface area contributed by atoms with Crippen LogP contribution < -0.4 is 0 Å². The van der Waals surface area contributed by atoms with Gasteiger partial charge in [0.15, 0.2) is 0 Å². The number of aliphatic hydroxyl groups excluding tert-OH is 1. The van der Waals surface area contributed by atoms with Crippen LogP contribution in [0.2, 0.25) is 0 Å². The van der Waals surface area contributed by atoms with Crippen LogP contribution in [-0.4, -0.2) is 45.3 Å². The van der Waals surface area contributed by atoms with Crippen molar-refractivity contribution in [1.29, 1.82) is 5.26 Å². The second-order valence-electron chi connectivity index (χ2n) is 6.13. The van der Waals surface area contributed by atoms with Gasteiger partial charge in [-0.15, -0.1) is 0 Å². The molecule has 5 nitrogen and oxygen atoms in total. The fourth-order valence-electron chi connectivity index (χ4n) is 3.90. The lowest BCUT2D eigenvalue weighted by atomic mass is 9.84. The normalized spacial score (nSPS) is 27.2. The lowest BCUT2D eigenvalue weighted by Crippen LogP contribution is -2.46. The maximum Gasteiger partial charge on any atom is 0.0956 e. The minimum Gasteiger partial charge on any atom is -0.393 e. The molecule has 2 aromatic rings. The van der Waals surface area contributed by atoms with E-state index >= 15 is 0 Å². The Morgan fingerprint density at radius 1 is 1.36 bits per heavy atom. The maximum atomic E-state index is 10.6. The first kappa shape index (κ1) is 13.5. The number of hydrogen-bond donors (Lipinski definition) is 1. The molecule has 0 bridgehead atoms. The maximum absolute atomic E-state index is 10.6. The molecule has 0 unspecified atom stereocenters. The fraction of sp³-hybridized carbons (Fsp3) is 0.412. The zero-order valence-electron chi connectivity index (χ0n) is 12.3. The van der Waals surface area contributed by atoms with Crippen LogP contribution in [0.1, 0.15) is 18.0 Å². The fourth-order valence-corrected chi connectivity index (χ4v) is 3.90. The molecule has 1 fully saturated rings. The third-order valence-corrected chi connectivity index (χ3v) is 4.93. The average molecular weight is 294 g/mol. The molecule has 5 heteroatoms. The van der Waals surface area contributed by atoms with Crippen LogP contribution in [0.3, 0.4) is 0 Å². The van der Waals surface area contributed by atoms with Crippen molar-refractivity contribution >= 4 is 0 Å². The highest BCUT2D eigenvalue weighted by atomic mass is 16.3. The summed E-state index contributed by atoms with van der Waals surface area (Å²) in [5.74, 6) is 0.0821. The van der Waals surface area contributed by atoms with Gasteiger partial charge >= 0.3 is 0 Å². The number of imidazole rings is 1. The molecular weight excluding hydrogens is 276 g/mol. The van der Waals surface area contributed by atoms with Gasteiger partial charge in [0.1, 0.15) is 0 Å². The second kappa shape index (κ2) is 5.24. The van der Waals surface area contributed by atoms with Gasteiger partial charge in [-0.05, 0) is 12.0 Å². The molecule has 22 heavy (non-hydrogen) atoms. The highest BCUT2D eigenvalue weighted by Crippen LogP contribution is 2.44. The molecule has 1 N–H and O–H groups in total. The van der Waals surface area contributed by atoms with Crippen molar-refractivity contribution in [3.05, 3.63) is 42.4 Å². The topological polar surface area (TPSA) is 65.1 Å². The van der Waals surface area contributed by atoms with Crippen molar-refractivity contribution in [3.63, 3.8) is 0 Å². The summed E-state index contributed by atoms with van der Waals surface area (Å²) in [4.78, 5) is 6.42. The van der Waals surface area contributed by atoms with E-state index < -0.39 is 0 Å². The first-order valence-corrected chi connectivity index (χ1v) is 7.68. The predicted octanol–water partition coefficient (Wildman–Crippen LogP) is 1.66. The van der Waals surface area contributed by atoms with E-state index in [1.807, 2.05) is 24.7 Å². The molecule has 4 rings (SSSR count). The number of nitrogens with zero attached hydrogens (tertiary/aromatic N) is 4. The highest BCUT2D eigenvalue weighted by molar-refractivity contribution is 5.69. The summed E-state index contributed by atoms with van der Waals surface area (Å²) < 4.78 is 2.18. The summed E-state index contributed by atoms with van der Waals surface area (Å²) in [6.07, 6.45) is 4.12. The zero-order chi connectivity index (χ0) is 15.1. The minimum absolute atomic E-state index is 0.0821. The first-order chi connectivity index (χ1) is 10.8. The predicted molar refractivity (Wildman–Crippen MR) is 82.0 cm³/mol. The van der Waals surface area contributed by atoms with E-state index in [0.717, 1.165) is 25.2 Å². The van der Waals surface area contributed by atoms with Gasteiger partial charge in [-0.3, -0.25) is 4.90 Å². The molecule has 2 aliphatic rings. The van der Waals surface area contributed by atoms with Gasteiger partial charge in [-0.25, -0.2) is 4.98 Å². The van der Waals surface area contributed by atoms with Gasteiger partial charge in [0.05, 0.1) is 43.0 Å². The van der Waals surface area contributed by atoms with Crippen LogP contribution in [0, 0.1) is 17.2 Å². The van der Waals surface area contributed by atoms with Crippen molar-refractivity contribution in [2.24, 2.45) is 5.92 Å². The third kappa shape index (κ3) is 1.96. The molecule has 3 heterocycles. The van der Waals surface area contributed by atoms with E-state index in [2.05, 4.69) is 32.7 Å². The summed E-state index contributed by atoms with van der Waals surface area (Å²) in [5.41, 5.74) is 3.57. The summed E-state index contributed by atoms with van der Waals surface area (Å²) in [7, 11) is 0.